The van der Waals surface area contributed by atoms with Crippen LogP contribution in [0, 0.1) is 0 Å². The van der Waals surface area contributed by atoms with E-state index in [0.717, 1.165) is 33.3 Å². The molecule has 1 fully saturated rings. The van der Waals surface area contributed by atoms with E-state index in [1.807, 2.05) is 0 Å². The molecule has 6 heteroatoms. The number of fused-ring (bicyclic) bond motifs is 4. The lowest BCUT2D eigenvalue weighted by Gasteiger charge is -2.45. The number of thiophene rings is 1. The van der Waals surface area contributed by atoms with Crippen LogP contribution in [0.3, 0.4) is 0 Å². The van der Waals surface area contributed by atoms with E-state index in [1.165, 1.54) is 29.0 Å². The molecule has 3 aliphatic rings. The Morgan fingerprint density at radius 2 is 2.00 bits per heavy atom. The van der Waals surface area contributed by atoms with Crippen LogP contribution >= 0.6 is 43.2 Å². The van der Waals surface area contributed by atoms with E-state index in [4.69, 9.17) is 9.84 Å². The Morgan fingerprint density at radius 1 is 1.17 bits per heavy atom. The zero-order chi connectivity index (χ0) is 16.3. The number of hydrazone groups is 1. The van der Waals surface area contributed by atoms with E-state index in [1.54, 1.807) is 11.3 Å². The molecule has 2 aromatic rings. The van der Waals surface area contributed by atoms with Gasteiger partial charge in [0, 0.05) is 29.3 Å². The highest BCUT2D eigenvalue weighted by Crippen LogP contribution is 2.52. The van der Waals surface area contributed by atoms with E-state index in [-0.39, 0.29) is 11.8 Å². The minimum Gasteiger partial charge on any atom is -0.466 e. The Morgan fingerprint density at radius 3 is 2.75 bits per heavy atom. The predicted molar refractivity (Wildman–Crippen MR) is 104 cm³/mol. The lowest BCUT2D eigenvalue weighted by molar-refractivity contribution is -0.114. The molecule has 1 unspecified atom stereocenters. The third-order valence-electron chi connectivity index (χ3n) is 5.20. The summed E-state index contributed by atoms with van der Waals surface area (Å²) in [4.78, 5) is 1.25. The van der Waals surface area contributed by atoms with Gasteiger partial charge in [-0.05, 0) is 59.1 Å². The predicted octanol–water partition coefficient (Wildman–Crippen LogP) is 6.09. The number of rotatable bonds is 1. The van der Waals surface area contributed by atoms with Gasteiger partial charge < -0.3 is 4.74 Å². The van der Waals surface area contributed by atoms with Crippen LogP contribution in [0.25, 0.3) is 0 Å². The number of nitrogens with zero attached hydrogens (tertiary/aromatic N) is 2. The van der Waals surface area contributed by atoms with Gasteiger partial charge in [-0.1, -0.05) is 15.9 Å². The maximum atomic E-state index is 6.53. The lowest BCUT2D eigenvalue weighted by Crippen LogP contribution is -2.51. The standard InChI is InChI=1S/C18H16Br2N2OS/c19-11-3-4-15-12(9-11)14-10-13(16-5-6-17(20)24-16)21-22(14)18(23-15)7-1-2-8-18/h3-6,9,14H,1-2,7-8,10H2. The van der Waals surface area contributed by atoms with Crippen molar-refractivity contribution in [1.82, 2.24) is 5.01 Å². The van der Waals surface area contributed by atoms with E-state index < -0.39 is 0 Å². The normalized spacial score (nSPS) is 23.8. The number of benzene rings is 1. The topological polar surface area (TPSA) is 24.8 Å². The van der Waals surface area contributed by atoms with Gasteiger partial charge in [0.1, 0.15) is 5.75 Å². The Hall–Kier alpha value is -0.850. The van der Waals surface area contributed by atoms with Crippen molar-refractivity contribution in [2.75, 3.05) is 0 Å². The SMILES string of the molecule is Brc1ccc2c(c1)C1CC(c3ccc(Br)s3)=NN1C1(CCCC1)O2. The summed E-state index contributed by atoms with van der Waals surface area (Å²) in [6.07, 6.45) is 5.49. The van der Waals surface area contributed by atoms with Crippen LogP contribution in [0.2, 0.25) is 0 Å². The molecule has 3 heterocycles. The summed E-state index contributed by atoms with van der Waals surface area (Å²) in [5.41, 5.74) is 2.18. The molecule has 5 rings (SSSR count). The third-order valence-corrected chi connectivity index (χ3v) is 7.37. The minimum atomic E-state index is -0.248. The minimum absolute atomic E-state index is 0.248. The van der Waals surface area contributed by atoms with Crippen LogP contribution in [0.4, 0.5) is 0 Å². The second-order valence-corrected chi connectivity index (χ2v) is 10.0. The number of hydrogen-bond donors (Lipinski definition) is 0. The number of hydrogen-bond acceptors (Lipinski definition) is 4. The van der Waals surface area contributed by atoms with E-state index in [9.17, 15) is 0 Å². The molecular weight excluding hydrogens is 452 g/mol. The van der Waals surface area contributed by atoms with Crippen molar-refractivity contribution in [3.05, 3.63) is 49.0 Å². The Bertz CT molecular complexity index is 841. The highest BCUT2D eigenvalue weighted by Gasteiger charge is 2.51. The van der Waals surface area contributed by atoms with Crippen LogP contribution in [0.5, 0.6) is 5.75 Å². The van der Waals surface area contributed by atoms with Gasteiger partial charge >= 0.3 is 0 Å². The van der Waals surface area contributed by atoms with Crippen molar-refractivity contribution in [3.63, 3.8) is 0 Å². The van der Waals surface area contributed by atoms with E-state index in [0.29, 0.717) is 0 Å². The molecule has 3 nitrogen and oxygen atoms in total. The molecule has 1 aliphatic carbocycles. The molecule has 2 aliphatic heterocycles. The smallest absolute Gasteiger partial charge is 0.198 e. The van der Waals surface area contributed by atoms with Crippen molar-refractivity contribution in [3.8, 4) is 5.75 Å². The third kappa shape index (κ3) is 2.30. The zero-order valence-corrected chi connectivity index (χ0v) is 17.0. The molecule has 0 amide bonds. The molecule has 0 saturated heterocycles. The van der Waals surface area contributed by atoms with E-state index >= 15 is 0 Å². The summed E-state index contributed by atoms with van der Waals surface area (Å²) in [6.45, 7) is 0. The molecule has 1 atom stereocenters. The van der Waals surface area contributed by atoms with Gasteiger partial charge in [0.15, 0.2) is 5.72 Å². The summed E-state index contributed by atoms with van der Waals surface area (Å²) in [7, 11) is 0. The first-order valence-corrected chi connectivity index (χ1v) is 10.7. The summed E-state index contributed by atoms with van der Waals surface area (Å²) in [5.74, 6) is 1.03. The molecule has 24 heavy (non-hydrogen) atoms. The molecule has 1 aromatic heterocycles. The van der Waals surface area contributed by atoms with Crippen LogP contribution in [0.1, 0.15) is 48.6 Å². The van der Waals surface area contributed by atoms with Crippen LogP contribution in [-0.4, -0.2) is 16.4 Å². The average molecular weight is 468 g/mol. The van der Waals surface area contributed by atoms with Crippen LogP contribution < -0.4 is 4.74 Å². The quantitative estimate of drug-likeness (QED) is 0.507. The molecule has 1 saturated carbocycles. The van der Waals surface area contributed by atoms with Crippen molar-refractivity contribution >= 4 is 48.9 Å². The van der Waals surface area contributed by atoms with Crippen LogP contribution in [0.15, 0.2) is 43.7 Å². The Kier molecular flexibility index (Phi) is 3.58. The van der Waals surface area contributed by atoms with E-state index in [2.05, 4.69) is 67.2 Å². The summed E-state index contributed by atoms with van der Waals surface area (Å²) in [5, 5.41) is 7.33. The fraction of sp³-hybridized carbons (Fsp3) is 0.389. The molecule has 0 bridgehead atoms. The average Bonchev–Trinajstić information content (AvgIpc) is 3.28. The first-order chi connectivity index (χ1) is 11.6. The van der Waals surface area contributed by atoms with Gasteiger partial charge in [0.05, 0.1) is 20.4 Å². The lowest BCUT2D eigenvalue weighted by atomic mass is 9.95. The van der Waals surface area contributed by atoms with Crippen molar-refractivity contribution in [2.45, 2.75) is 43.9 Å². The first kappa shape index (κ1) is 15.4. The molecular formula is C18H16Br2N2OS. The summed E-state index contributed by atoms with van der Waals surface area (Å²) < 4.78 is 8.78. The molecule has 0 radical (unpaired) electrons. The van der Waals surface area contributed by atoms with Gasteiger partial charge in [-0.2, -0.15) is 5.10 Å². The van der Waals surface area contributed by atoms with Gasteiger partial charge in [-0.25, -0.2) is 5.01 Å². The fourth-order valence-corrected chi connectivity index (χ4v) is 5.89. The van der Waals surface area contributed by atoms with Gasteiger partial charge in [0.25, 0.3) is 0 Å². The molecule has 1 spiro atoms. The van der Waals surface area contributed by atoms with Crippen molar-refractivity contribution in [2.24, 2.45) is 5.10 Å². The largest absolute Gasteiger partial charge is 0.466 e. The Labute approximate surface area is 162 Å². The summed E-state index contributed by atoms with van der Waals surface area (Å²) in [6, 6.07) is 10.9. The fourth-order valence-electron chi connectivity index (χ4n) is 4.13. The second kappa shape index (κ2) is 5.58. The second-order valence-electron chi connectivity index (χ2n) is 6.65. The molecule has 0 N–H and O–H groups in total. The van der Waals surface area contributed by atoms with Gasteiger partial charge in [0.2, 0.25) is 0 Å². The summed E-state index contributed by atoms with van der Waals surface area (Å²) >= 11 is 8.94. The van der Waals surface area contributed by atoms with Crippen molar-refractivity contribution in [1.29, 1.82) is 0 Å². The monoisotopic (exact) mass is 466 g/mol. The first-order valence-electron chi connectivity index (χ1n) is 8.26. The maximum Gasteiger partial charge on any atom is 0.198 e. The Balaban J connectivity index is 1.62. The zero-order valence-electron chi connectivity index (χ0n) is 13.0. The maximum absolute atomic E-state index is 6.53. The molecule has 124 valence electrons. The molecule has 1 aromatic carbocycles. The number of halogens is 2. The highest BCUT2D eigenvalue weighted by atomic mass is 79.9. The van der Waals surface area contributed by atoms with Crippen LogP contribution in [-0.2, 0) is 0 Å². The van der Waals surface area contributed by atoms with Gasteiger partial charge in [-0.3, -0.25) is 0 Å². The highest BCUT2D eigenvalue weighted by molar-refractivity contribution is 9.11. The number of ether oxygens (including phenoxy) is 1. The van der Waals surface area contributed by atoms with Crippen molar-refractivity contribution < 1.29 is 4.74 Å². The van der Waals surface area contributed by atoms with Gasteiger partial charge in [-0.15, -0.1) is 11.3 Å².